The van der Waals surface area contributed by atoms with Crippen molar-refractivity contribution in [2.45, 2.75) is 39.9 Å². The average Bonchev–Trinajstić information content (AvgIpc) is 3.76. The van der Waals surface area contributed by atoms with Crippen LogP contribution in [0, 0.1) is 6.92 Å². The second-order valence-electron chi connectivity index (χ2n) is 12.0. The number of hydrogen-bond donors (Lipinski definition) is 4. The Morgan fingerprint density at radius 3 is 2.40 bits per heavy atom. The highest BCUT2D eigenvalue weighted by molar-refractivity contribution is 6.03. The van der Waals surface area contributed by atoms with E-state index >= 15 is 0 Å². The second-order valence-corrected chi connectivity index (χ2v) is 12.0. The molecule has 5 aromatic rings. The highest BCUT2D eigenvalue weighted by Gasteiger charge is 2.20. The molecule has 262 valence electrons. The minimum atomic E-state index is -0.592. The highest BCUT2D eigenvalue weighted by atomic mass is 16.5. The van der Waals surface area contributed by atoms with Crippen molar-refractivity contribution in [2.75, 3.05) is 50.5 Å². The zero-order chi connectivity index (χ0) is 35.4. The third kappa shape index (κ3) is 7.30. The molecule has 0 spiro atoms. The molecule has 1 aliphatic heterocycles. The first-order valence-electron chi connectivity index (χ1n) is 16.5. The van der Waals surface area contributed by atoms with Gasteiger partial charge >= 0.3 is 0 Å². The number of aromatic nitrogens is 6. The number of aryl methyl sites for hydroxylation is 2. The lowest BCUT2D eigenvalue weighted by Gasteiger charge is -2.26. The summed E-state index contributed by atoms with van der Waals surface area (Å²) in [5, 5.41) is 7.28. The molecule has 0 saturated carbocycles. The molecular weight excluding hydrogens is 642 g/mol. The largest absolute Gasteiger partial charge is 0.491 e. The number of morpholine rings is 1. The molecule has 4 heterocycles. The molecule has 16 heteroatoms. The molecular formula is C34H41N11O5. The van der Waals surface area contributed by atoms with Crippen LogP contribution >= 0.6 is 0 Å². The van der Waals surface area contributed by atoms with Crippen molar-refractivity contribution in [2.24, 2.45) is 11.5 Å². The lowest BCUT2D eigenvalue weighted by Crippen LogP contribution is -2.37. The Labute approximate surface area is 287 Å². The van der Waals surface area contributed by atoms with E-state index in [0.29, 0.717) is 65.3 Å². The van der Waals surface area contributed by atoms with Crippen molar-refractivity contribution in [1.82, 2.24) is 33.8 Å². The minimum Gasteiger partial charge on any atom is -0.491 e. The molecule has 3 aromatic heterocycles. The highest BCUT2D eigenvalue weighted by Crippen LogP contribution is 2.30. The number of nitrogens with zero attached hydrogens (tertiary/aromatic N) is 7. The van der Waals surface area contributed by atoms with Gasteiger partial charge in [-0.05, 0) is 56.7 Å². The van der Waals surface area contributed by atoms with Gasteiger partial charge in [0.1, 0.15) is 17.0 Å². The summed E-state index contributed by atoms with van der Waals surface area (Å²) in [4.78, 5) is 48.8. The fourth-order valence-electron chi connectivity index (χ4n) is 6.04. The number of imidazole rings is 2. The van der Waals surface area contributed by atoms with Gasteiger partial charge in [0, 0.05) is 50.4 Å². The van der Waals surface area contributed by atoms with Crippen molar-refractivity contribution in [1.29, 1.82) is 0 Å². The Hall–Kier alpha value is -5.74. The average molecular weight is 684 g/mol. The number of nitrogens with one attached hydrogen (secondary N) is 1. The van der Waals surface area contributed by atoms with E-state index in [1.807, 2.05) is 30.6 Å². The Kier molecular flexibility index (Phi) is 10.1. The van der Waals surface area contributed by atoms with Crippen LogP contribution in [0.3, 0.4) is 0 Å². The first-order chi connectivity index (χ1) is 24.1. The summed E-state index contributed by atoms with van der Waals surface area (Å²) in [6.45, 7) is 9.41. The monoisotopic (exact) mass is 683 g/mol. The molecule has 0 aliphatic carbocycles. The summed E-state index contributed by atoms with van der Waals surface area (Å²) >= 11 is 0. The molecule has 0 radical (unpaired) electrons. The molecule has 16 nitrogen and oxygen atoms in total. The number of anilines is 2. The van der Waals surface area contributed by atoms with Crippen molar-refractivity contribution in [3.63, 3.8) is 0 Å². The molecule has 1 aliphatic rings. The van der Waals surface area contributed by atoms with Gasteiger partial charge in [-0.2, -0.15) is 5.10 Å². The summed E-state index contributed by atoms with van der Waals surface area (Å²) in [6, 6.07) is 9.90. The summed E-state index contributed by atoms with van der Waals surface area (Å²) < 4.78 is 16.9. The van der Waals surface area contributed by atoms with Crippen LogP contribution in [-0.2, 0) is 24.4 Å². The fraction of sp³-hybridized carbons (Fsp3) is 0.353. The predicted octanol–water partition coefficient (Wildman–Crippen LogP) is 2.30. The van der Waals surface area contributed by atoms with E-state index in [1.165, 1.54) is 0 Å². The van der Waals surface area contributed by atoms with Crippen LogP contribution in [0.5, 0.6) is 5.75 Å². The molecule has 1 saturated heterocycles. The van der Waals surface area contributed by atoms with Crippen LogP contribution in [0.25, 0.3) is 22.1 Å². The van der Waals surface area contributed by atoms with Crippen LogP contribution in [0.2, 0.25) is 0 Å². The topological polar surface area (TPSA) is 216 Å². The molecule has 1 fully saturated rings. The molecule has 7 N–H and O–H groups in total. The second kappa shape index (κ2) is 14.8. The van der Waals surface area contributed by atoms with Gasteiger partial charge in [0.05, 0.1) is 42.1 Å². The molecule has 0 bridgehead atoms. The van der Waals surface area contributed by atoms with Crippen LogP contribution in [0.4, 0.5) is 11.9 Å². The standard InChI is InChI=1S/C34H41N11O5/c1-3-45-27(17-21(2)41-45)32(48)40-34-39-24-18-22(30(35)46)7-8-26(24)43(34)10-4-5-11-44-29-25(38-33(44)37)19-23(31(36)47)20-28(29)50-14-6-9-42-12-15-49-16-13-42/h4-5,7-8,17-20H,3,6,9-16H2,1-2H3,(H2,35,46)(H2,36,47)(H2,37,38)(H,39,40,48). The maximum absolute atomic E-state index is 13.3. The van der Waals surface area contributed by atoms with Gasteiger partial charge in [0.2, 0.25) is 23.7 Å². The number of nitrogens with two attached hydrogens (primary N) is 3. The van der Waals surface area contributed by atoms with E-state index in [0.717, 1.165) is 45.0 Å². The van der Waals surface area contributed by atoms with Gasteiger partial charge in [0.25, 0.3) is 5.91 Å². The predicted molar refractivity (Wildman–Crippen MR) is 188 cm³/mol. The number of allylic oxidation sites excluding steroid dienone is 2. The van der Waals surface area contributed by atoms with Gasteiger partial charge in [0.15, 0.2) is 0 Å². The quantitative estimate of drug-likeness (QED) is 0.0989. The van der Waals surface area contributed by atoms with E-state index in [1.54, 1.807) is 45.6 Å². The van der Waals surface area contributed by atoms with Crippen molar-refractivity contribution >= 4 is 51.7 Å². The van der Waals surface area contributed by atoms with E-state index in [-0.39, 0.29) is 23.4 Å². The maximum atomic E-state index is 13.3. The number of rotatable bonds is 14. The van der Waals surface area contributed by atoms with Gasteiger partial charge in [-0.1, -0.05) is 12.2 Å². The number of nitrogen functional groups attached to an aromatic ring is 1. The number of ether oxygens (including phenoxy) is 2. The van der Waals surface area contributed by atoms with Crippen LogP contribution < -0.4 is 27.3 Å². The number of carbonyl (C=O) groups excluding carboxylic acids is 3. The van der Waals surface area contributed by atoms with Crippen molar-refractivity contribution < 1.29 is 23.9 Å². The zero-order valence-corrected chi connectivity index (χ0v) is 28.1. The van der Waals surface area contributed by atoms with E-state index < -0.39 is 11.8 Å². The van der Waals surface area contributed by atoms with Gasteiger partial charge < -0.3 is 35.8 Å². The first kappa shape index (κ1) is 34.1. The Balaban J connectivity index is 1.24. The Bertz CT molecular complexity index is 2090. The van der Waals surface area contributed by atoms with Crippen molar-refractivity contribution in [3.8, 4) is 5.75 Å². The SMILES string of the molecule is CCn1nc(C)cc1C(=O)Nc1nc2cc(C(N)=O)ccc2n1CC=CCn1c(N)nc2cc(C(N)=O)cc(OCCCN3CCOCC3)c21. The number of amides is 3. The fourth-order valence-corrected chi connectivity index (χ4v) is 6.04. The number of fused-ring (bicyclic) bond motifs is 2. The summed E-state index contributed by atoms with van der Waals surface area (Å²) in [5.41, 5.74) is 21.5. The van der Waals surface area contributed by atoms with E-state index in [2.05, 4.69) is 25.3 Å². The molecule has 0 unspecified atom stereocenters. The summed E-state index contributed by atoms with van der Waals surface area (Å²) in [6.07, 6.45) is 4.60. The van der Waals surface area contributed by atoms with E-state index in [9.17, 15) is 14.4 Å². The zero-order valence-electron chi connectivity index (χ0n) is 28.1. The molecule has 3 amide bonds. The molecule has 0 atom stereocenters. The van der Waals surface area contributed by atoms with Crippen LogP contribution in [0.1, 0.15) is 50.2 Å². The summed E-state index contributed by atoms with van der Waals surface area (Å²) in [7, 11) is 0. The first-order valence-corrected chi connectivity index (χ1v) is 16.5. The van der Waals surface area contributed by atoms with Crippen LogP contribution in [-0.4, -0.2) is 91.0 Å². The lowest BCUT2D eigenvalue weighted by molar-refractivity contribution is 0.0358. The molecule has 2 aromatic carbocycles. The number of benzene rings is 2. The summed E-state index contributed by atoms with van der Waals surface area (Å²) in [5.74, 6) is -0.542. The lowest BCUT2D eigenvalue weighted by atomic mass is 10.1. The van der Waals surface area contributed by atoms with Gasteiger partial charge in [-0.15, -0.1) is 0 Å². The normalized spacial score (nSPS) is 13.8. The van der Waals surface area contributed by atoms with E-state index in [4.69, 9.17) is 26.7 Å². The number of carbonyl (C=O) groups is 3. The Morgan fingerprint density at radius 2 is 1.68 bits per heavy atom. The number of primary amides is 2. The molecule has 50 heavy (non-hydrogen) atoms. The number of hydrogen-bond acceptors (Lipinski definition) is 10. The maximum Gasteiger partial charge on any atom is 0.276 e. The molecule has 6 rings (SSSR count). The Morgan fingerprint density at radius 1 is 0.960 bits per heavy atom. The third-order valence-corrected chi connectivity index (χ3v) is 8.54. The van der Waals surface area contributed by atoms with Crippen LogP contribution in [0.15, 0.2) is 48.6 Å². The third-order valence-electron chi connectivity index (χ3n) is 8.54. The van der Waals surface area contributed by atoms with Crippen molar-refractivity contribution in [3.05, 3.63) is 71.1 Å². The van der Waals surface area contributed by atoms with Gasteiger partial charge in [-0.25, -0.2) is 9.97 Å². The van der Waals surface area contributed by atoms with Gasteiger partial charge in [-0.3, -0.25) is 29.3 Å². The minimum absolute atomic E-state index is 0.243. The smallest absolute Gasteiger partial charge is 0.276 e.